The second kappa shape index (κ2) is 44.2. The molecule has 0 heterocycles. The van der Waals surface area contributed by atoms with Crippen LogP contribution in [0, 0.1) is 0 Å². The Balaban J connectivity index is 4.42. The summed E-state index contributed by atoms with van der Waals surface area (Å²) < 4.78 is 23.2. The van der Waals surface area contributed by atoms with Crippen molar-refractivity contribution in [3.8, 4) is 0 Å². The van der Waals surface area contributed by atoms with Crippen molar-refractivity contribution in [3.05, 3.63) is 72.9 Å². The molecular weight excluding hydrogens is 792 g/mol. The topological polar surface area (TPSA) is 108 Å². The van der Waals surface area contributed by atoms with E-state index in [-0.39, 0.29) is 12.5 Å². The summed E-state index contributed by atoms with van der Waals surface area (Å²) in [5.74, 6) is -0.224. The highest BCUT2D eigenvalue weighted by molar-refractivity contribution is 7.45. The van der Waals surface area contributed by atoms with Crippen LogP contribution in [0.3, 0.4) is 0 Å². The maximum absolute atomic E-state index is 12.9. The number of hydrogen-bond acceptors (Lipinski definition) is 6. The highest BCUT2D eigenvalue weighted by Crippen LogP contribution is 2.38. The number of nitrogens with one attached hydrogen (secondary N) is 1. The molecule has 0 aromatic carbocycles. The van der Waals surface area contributed by atoms with Crippen LogP contribution in [0.1, 0.15) is 206 Å². The molecule has 0 radical (unpaired) electrons. The Morgan fingerprint density at radius 3 is 1.50 bits per heavy atom. The monoisotopic (exact) mass is 889 g/mol. The Hall–Kier alpha value is -2.06. The third-order valence-corrected chi connectivity index (χ3v) is 11.8. The maximum atomic E-state index is 12.9. The van der Waals surface area contributed by atoms with E-state index < -0.39 is 26.6 Å². The fraction of sp³-hybridized carbons (Fsp3) is 0.755. The molecule has 0 fully saturated rings. The normalized spacial score (nSPS) is 14.8. The number of aliphatic hydroxyl groups is 1. The highest BCUT2D eigenvalue weighted by atomic mass is 31.2. The van der Waals surface area contributed by atoms with Crippen molar-refractivity contribution in [2.24, 2.45) is 0 Å². The minimum atomic E-state index is -4.61. The number of rotatable bonds is 45. The molecule has 360 valence electrons. The molecule has 0 aliphatic rings. The van der Waals surface area contributed by atoms with Gasteiger partial charge in [0.05, 0.1) is 39.9 Å². The minimum Gasteiger partial charge on any atom is -0.756 e. The highest BCUT2D eigenvalue weighted by Gasteiger charge is 2.23. The smallest absolute Gasteiger partial charge is 0.268 e. The van der Waals surface area contributed by atoms with E-state index in [0.29, 0.717) is 17.4 Å². The predicted octanol–water partition coefficient (Wildman–Crippen LogP) is 14.1. The summed E-state index contributed by atoms with van der Waals surface area (Å²) in [4.78, 5) is 25.4. The fourth-order valence-electron chi connectivity index (χ4n) is 6.90. The molecule has 0 bridgehead atoms. The lowest BCUT2D eigenvalue weighted by Gasteiger charge is -2.29. The number of unbranched alkanes of at least 4 members (excludes halogenated alkanes) is 22. The number of amides is 1. The van der Waals surface area contributed by atoms with Gasteiger partial charge in [-0.2, -0.15) is 0 Å². The number of quaternary nitrogens is 1. The van der Waals surface area contributed by atoms with Crippen LogP contribution < -0.4 is 10.2 Å². The number of phosphoric acid groups is 1. The number of allylic oxidation sites excluding steroid dienone is 11. The molecule has 0 aromatic heterocycles. The van der Waals surface area contributed by atoms with Crippen LogP contribution in [0.5, 0.6) is 0 Å². The number of nitrogens with zero attached hydrogens (tertiary/aromatic N) is 1. The van der Waals surface area contributed by atoms with Crippen LogP contribution in [0.4, 0.5) is 0 Å². The molecule has 2 N–H and O–H groups in total. The van der Waals surface area contributed by atoms with Gasteiger partial charge in [-0.15, -0.1) is 0 Å². The number of aliphatic hydroxyl groups excluding tert-OH is 1. The standard InChI is InChI=1S/C53H97N2O6P/c1-6-8-10-12-14-16-18-20-22-24-25-26-27-28-29-31-32-34-36-38-40-42-44-46-52(56)51(50-61-62(58,59)60-49-48-55(3,4)5)54-53(57)47-45-43-41-39-37-35-33-30-23-21-19-17-15-13-11-9-7-2/h9,11,15,17,21,23,29,31,36,38,44,46,51-52,56H,6-8,10,12-14,16,18-20,22,24-28,30,32-35,37,39-43,45,47-50H2,1-5H3,(H-,54,57,58,59)/b11-9-,17-15-,23-21-,31-29+,38-36+,46-44+. The lowest BCUT2D eigenvalue weighted by molar-refractivity contribution is -0.870. The van der Waals surface area contributed by atoms with Crippen LogP contribution in [-0.2, 0) is 18.4 Å². The predicted molar refractivity (Wildman–Crippen MR) is 265 cm³/mol. The largest absolute Gasteiger partial charge is 0.756 e. The van der Waals surface area contributed by atoms with Gasteiger partial charge < -0.3 is 28.8 Å². The van der Waals surface area contributed by atoms with E-state index >= 15 is 0 Å². The van der Waals surface area contributed by atoms with Crippen molar-refractivity contribution in [2.75, 3.05) is 40.9 Å². The van der Waals surface area contributed by atoms with Gasteiger partial charge in [-0.05, 0) is 77.0 Å². The van der Waals surface area contributed by atoms with Gasteiger partial charge in [-0.25, -0.2) is 0 Å². The number of likely N-dealkylation sites (N-methyl/N-ethyl adjacent to an activating group) is 1. The molecule has 0 aliphatic heterocycles. The Morgan fingerprint density at radius 2 is 1.00 bits per heavy atom. The minimum absolute atomic E-state index is 0.0143. The number of hydrogen-bond donors (Lipinski definition) is 2. The van der Waals surface area contributed by atoms with Crippen LogP contribution in [0.15, 0.2) is 72.9 Å². The Bertz CT molecular complexity index is 1240. The number of phosphoric ester groups is 1. The number of carbonyl (C=O) groups excluding carboxylic acids is 1. The van der Waals surface area contributed by atoms with Gasteiger partial charge in [-0.3, -0.25) is 9.36 Å². The van der Waals surface area contributed by atoms with Crippen molar-refractivity contribution in [3.63, 3.8) is 0 Å². The second-order valence-corrected chi connectivity index (χ2v) is 19.5. The van der Waals surface area contributed by atoms with Crippen molar-refractivity contribution in [1.82, 2.24) is 5.32 Å². The molecule has 8 nitrogen and oxygen atoms in total. The summed E-state index contributed by atoms with van der Waals surface area (Å²) >= 11 is 0. The molecule has 62 heavy (non-hydrogen) atoms. The Labute approximate surface area is 383 Å². The molecule has 0 spiro atoms. The summed E-state index contributed by atoms with van der Waals surface area (Å²) in [6, 6.07) is -0.918. The van der Waals surface area contributed by atoms with E-state index in [1.54, 1.807) is 6.08 Å². The number of carbonyl (C=O) groups is 1. The lowest BCUT2D eigenvalue weighted by Crippen LogP contribution is -2.45. The van der Waals surface area contributed by atoms with Crippen LogP contribution in [0.25, 0.3) is 0 Å². The van der Waals surface area contributed by atoms with E-state index in [4.69, 9.17) is 9.05 Å². The van der Waals surface area contributed by atoms with Gasteiger partial charge in [0, 0.05) is 6.42 Å². The molecule has 1 amide bonds. The van der Waals surface area contributed by atoms with Gasteiger partial charge in [0.1, 0.15) is 13.2 Å². The summed E-state index contributed by atoms with van der Waals surface area (Å²) in [5, 5.41) is 13.8. The van der Waals surface area contributed by atoms with Gasteiger partial charge in [0.15, 0.2) is 0 Å². The van der Waals surface area contributed by atoms with E-state index in [1.807, 2.05) is 27.2 Å². The first-order chi connectivity index (χ1) is 30.0. The van der Waals surface area contributed by atoms with E-state index in [2.05, 4.69) is 79.9 Å². The van der Waals surface area contributed by atoms with Crippen molar-refractivity contribution < 1.29 is 32.9 Å². The van der Waals surface area contributed by atoms with Gasteiger partial charge >= 0.3 is 0 Å². The lowest BCUT2D eigenvalue weighted by atomic mass is 10.0. The van der Waals surface area contributed by atoms with Crippen LogP contribution in [-0.4, -0.2) is 68.5 Å². The van der Waals surface area contributed by atoms with Crippen molar-refractivity contribution in [2.45, 2.75) is 219 Å². The van der Waals surface area contributed by atoms with E-state index in [1.165, 1.54) is 109 Å². The molecule has 0 saturated carbocycles. The average molecular weight is 889 g/mol. The molecule has 3 unspecified atom stereocenters. The summed E-state index contributed by atoms with van der Waals surface area (Å²) in [7, 11) is 1.22. The zero-order valence-corrected chi connectivity index (χ0v) is 41.7. The van der Waals surface area contributed by atoms with E-state index in [0.717, 1.165) is 77.0 Å². The van der Waals surface area contributed by atoms with Crippen molar-refractivity contribution >= 4 is 13.7 Å². The molecule has 9 heteroatoms. The maximum Gasteiger partial charge on any atom is 0.268 e. The summed E-state index contributed by atoms with van der Waals surface area (Å²) in [5.41, 5.74) is 0. The molecular formula is C53H97N2O6P. The average Bonchev–Trinajstić information content (AvgIpc) is 3.23. The first-order valence-corrected chi connectivity index (χ1v) is 26.8. The zero-order chi connectivity index (χ0) is 45.7. The SMILES string of the molecule is CC/C=C\C/C=C\C/C=C\CCCCCCCCCC(=O)NC(COP(=O)([O-])OCC[N+](C)(C)C)C(O)/C=C/CC/C=C/CC/C=C/CCCCCCCCCCCCCCC. The summed E-state index contributed by atoms with van der Waals surface area (Å²) in [6.07, 6.45) is 59.6. The second-order valence-electron chi connectivity index (χ2n) is 18.1. The Kier molecular flexibility index (Phi) is 42.7. The molecule has 0 saturated heterocycles. The zero-order valence-electron chi connectivity index (χ0n) is 40.8. The third-order valence-electron chi connectivity index (χ3n) is 10.9. The first kappa shape index (κ1) is 59.9. The quantitative estimate of drug-likeness (QED) is 0.0273. The molecule has 3 atom stereocenters. The van der Waals surface area contributed by atoms with Gasteiger partial charge in [-0.1, -0.05) is 196 Å². The Morgan fingerprint density at radius 1 is 0.581 bits per heavy atom. The van der Waals surface area contributed by atoms with Crippen LogP contribution in [0.2, 0.25) is 0 Å². The molecule has 0 rings (SSSR count). The third kappa shape index (κ3) is 45.9. The van der Waals surface area contributed by atoms with E-state index in [9.17, 15) is 19.4 Å². The van der Waals surface area contributed by atoms with Gasteiger partial charge in [0.2, 0.25) is 5.91 Å². The van der Waals surface area contributed by atoms with Gasteiger partial charge in [0.25, 0.3) is 7.82 Å². The van der Waals surface area contributed by atoms with Crippen molar-refractivity contribution in [1.29, 1.82) is 0 Å². The molecule has 0 aromatic rings. The fourth-order valence-corrected chi connectivity index (χ4v) is 7.63. The molecule has 0 aliphatic carbocycles. The summed E-state index contributed by atoms with van der Waals surface area (Å²) in [6.45, 7) is 4.50. The first-order valence-electron chi connectivity index (χ1n) is 25.3. The van der Waals surface area contributed by atoms with Crippen LogP contribution >= 0.6 is 7.82 Å².